The zero-order valence-corrected chi connectivity index (χ0v) is 11.8. The van der Waals surface area contributed by atoms with Crippen molar-refractivity contribution in [3.63, 3.8) is 0 Å². The molecular weight excluding hydrogens is 284 g/mol. The van der Waals surface area contributed by atoms with Crippen LogP contribution in [-0.4, -0.2) is 9.55 Å². The largest absolute Gasteiger partial charge is 0.327 e. The van der Waals surface area contributed by atoms with Gasteiger partial charge in [0.15, 0.2) is 0 Å². The first-order valence-electron chi connectivity index (χ1n) is 6.91. The maximum atomic E-state index is 13.4. The Morgan fingerprint density at radius 2 is 1.59 bits per heavy atom. The molecule has 1 heterocycles. The Labute approximate surface area is 127 Å². The summed E-state index contributed by atoms with van der Waals surface area (Å²) in [4.78, 5) is 4.21. The van der Waals surface area contributed by atoms with E-state index in [1.165, 1.54) is 12.1 Å². The molecule has 5 heteroatoms. The molecule has 0 aliphatic carbocycles. The van der Waals surface area contributed by atoms with E-state index in [0.717, 1.165) is 17.2 Å². The summed E-state index contributed by atoms with van der Waals surface area (Å²) in [7, 11) is 0. The number of rotatable bonds is 4. The number of nitrogens with two attached hydrogens (primary N) is 1. The number of hydrogen-bond donors (Lipinski definition) is 1. The van der Waals surface area contributed by atoms with Crippen molar-refractivity contribution in [2.24, 2.45) is 5.73 Å². The van der Waals surface area contributed by atoms with E-state index in [9.17, 15) is 8.78 Å². The van der Waals surface area contributed by atoms with E-state index in [1.54, 1.807) is 12.4 Å². The molecule has 3 aromatic rings. The van der Waals surface area contributed by atoms with Gasteiger partial charge in [-0.3, -0.25) is 0 Å². The number of hydrogen-bond acceptors (Lipinski definition) is 2. The Morgan fingerprint density at radius 1 is 0.955 bits per heavy atom. The van der Waals surface area contributed by atoms with Crippen molar-refractivity contribution in [1.29, 1.82) is 0 Å². The Balaban J connectivity index is 1.91. The highest BCUT2D eigenvalue weighted by molar-refractivity contribution is 5.56. The number of aromatic nitrogens is 2. The highest BCUT2D eigenvalue weighted by atomic mass is 19.1. The van der Waals surface area contributed by atoms with Gasteiger partial charge in [0.05, 0.1) is 0 Å². The molecule has 3 nitrogen and oxygen atoms in total. The van der Waals surface area contributed by atoms with Crippen LogP contribution in [0.15, 0.2) is 54.9 Å². The number of benzene rings is 2. The van der Waals surface area contributed by atoms with E-state index in [4.69, 9.17) is 5.73 Å². The third-order valence-corrected chi connectivity index (χ3v) is 3.45. The summed E-state index contributed by atoms with van der Waals surface area (Å²) in [5, 5.41) is 0. The minimum atomic E-state index is -0.614. The molecule has 112 valence electrons. The Bertz CT molecular complexity index is 759. The monoisotopic (exact) mass is 299 g/mol. The van der Waals surface area contributed by atoms with Crippen LogP contribution in [0.3, 0.4) is 0 Å². The molecule has 0 fully saturated rings. The summed E-state index contributed by atoms with van der Waals surface area (Å²) in [6.45, 7) is 1.07. The van der Waals surface area contributed by atoms with Gasteiger partial charge in [-0.25, -0.2) is 13.8 Å². The highest BCUT2D eigenvalue weighted by Gasteiger charge is 2.09. The molecule has 1 aromatic heterocycles. The maximum Gasteiger partial charge on any atom is 0.140 e. The molecule has 2 aromatic carbocycles. The average molecular weight is 299 g/mol. The molecule has 3 rings (SSSR count). The van der Waals surface area contributed by atoms with Crippen LogP contribution in [-0.2, 0) is 13.1 Å². The van der Waals surface area contributed by atoms with Crippen LogP contribution >= 0.6 is 0 Å². The van der Waals surface area contributed by atoms with Gasteiger partial charge in [-0.1, -0.05) is 24.3 Å². The summed E-state index contributed by atoms with van der Waals surface area (Å²) in [6, 6.07) is 11.3. The van der Waals surface area contributed by atoms with Gasteiger partial charge < -0.3 is 10.3 Å². The highest BCUT2D eigenvalue weighted by Crippen LogP contribution is 2.21. The fourth-order valence-corrected chi connectivity index (χ4v) is 2.36. The van der Waals surface area contributed by atoms with Gasteiger partial charge in [0.1, 0.15) is 17.5 Å². The molecule has 22 heavy (non-hydrogen) atoms. The van der Waals surface area contributed by atoms with Crippen molar-refractivity contribution in [1.82, 2.24) is 9.55 Å². The molecule has 0 amide bonds. The molecule has 0 saturated carbocycles. The Hall–Kier alpha value is -2.53. The second-order valence-electron chi connectivity index (χ2n) is 5.06. The van der Waals surface area contributed by atoms with Crippen molar-refractivity contribution >= 4 is 0 Å². The molecule has 0 bridgehead atoms. The molecule has 0 aliphatic rings. The quantitative estimate of drug-likeness (QED) is 0.803. The Kier molecular flexibility index (Phi) is 3.98. The molecule has 0 saturated heterocycles. The van der Waals surface area contributed by atoms with Crippen molar-refractivity contribution in [2.75, 3.05) is 0 Å². The average Bonchev–Trinajstić information content (AvgIpc) is 2.95. The predicted molar refractivity (Wildman–Crippen MR) is 81.0 cm³/mol. The van der Waals surface area contributed by atoms with Crippen LogP contribution in [0.1, 0.15) is 11.1 Å². The van der Waals surface area contributed by atoms with Crippen LogP contribution in [0.4, 0.5) is 8.78 Å². The molecule has 0 aliphatic heterocycles. The van der Waals surface area contributed by atoms with E-state index in [1.807, 2.05) is 28.8 Å². The van der Waals surface area contributed by atoms with Crippen molar-refractivity contribution in [2.45, 2.75) is 13.1 Å². The van der Waals surface area contributed by atoms with Gasteiger partial charge in [0.25, 0.3) is 0 Å². The zero-order valence-electron chi connectivity index (χ0n) is 11.8. The third kappa shape index (κ3) is 3.04. The minimum absolute atomic E-state index is 0.418. The first-order chi connectivity index (χ1) is 10.7. The number of imidazole rings is 1. The molecule has 0 radical (unpaired) electrons. The van der Waals surface area contributed by atoms with Crippen LogP contribution in [0.2, 0.25) is 0 Å². The van der Waals surface area contributed by atoms with E-state index < -0.39 is 11.6 Å². The fourth-order valence-electron chi connectivity index (χ4n) is 2.36. The SMILES string of the molecule is NCc1ccc(Cn2ccnc2-c2cc(F)cc(F)c2)cc1. The lowest BCUT2D eigenvalue weighted by molar-refractivity contribution is 0.583. The smallest absolute Gasteiger partial charge is 0.140 e. The number of nitrogens with zero attached hydrogens (tertiary/aromatic N) is 2. The maximum absolute atomic E-state index is 13.4. The van der Waals surface area contributed by atoms with E-state index in [-0.39, 0.29) is 0 Å². The first kappa shape index (κ1) is 14.4. The van der Waals surface area contributed by atoms with Gasteiger partial charge in [-0.05, 0) is 23.3 Å². The van der Waals surface area contributed by atoms with E-state index in [0.29, 0.717) is 24.5 Å². The van der Waals surface area contributed by atoms with E-state index >= 15 is 0 Å². The number of halogens is 2. The van der Waals surface area contributed by atoms with Crippen LogP contribution < -0.4 is 5.73 Å². The summed E-state index contributed by atoms with van der Waals surface area (Å²) >= 11 is 0. The van der Waals surface area contributed by atoms with Gasteiger partial charge >= 0.3 is 0 Å². The van der Waals surface area contributed by atoms with E-state index in [2.05, 4.69) is 4.98 Å². The van der Waals surface area contributed by atoms with Gasteiger partial charge in [0.2, 0.25) is 0 Å². The van der Waals surface area contributed by atoms with Crippen molar-refractivity contribution < 1.29 is 8.78 Å². The lowest BCUT2D eigenvalue weighted by atomic mass is 10.1. The minimum Gasteiger partial charge on any atom is -0.327 e. The van der Waals surface area contributed by atoms with Gasteiger partial charge in [-0.15, -0.1) is 0 Å². The summed E-state index contributed by atoms with van der Waals surface area (Å²) in [5.74, 6) is -0.699. The normalized spacial score (nSPS) is 10.9. The summed E-state index contributed by atoms with van der Waals surface area (Å²) in [6.07, 6.45) is 3.40. The lowest BCUT2D eigenvalue weighted by Crippen LogP contribution is -2.02. The van der Waals surface area contributed by atoms with Crippen LogP contribution in [0, 0.1) is 11.6 Å². The molecule has 2 N–H and O–H groups in total. The zero-order chi connectivity index (χ0) is 15.5. The first-order valence-corrected chi connectivity index (χ1v) is 6.91. The predicted octanol–water partition coefficient (Wildman–Crippen LogP) is 3.34. The Morgan fingerprint density at radius 3 is 2.23 bits per heavy atom. The molecular formula is C17H15F2N3. The van der Waals surface area contributed by atoms with Gasteiger partial charge in [0, 0.05) is 37.1 Å². The second kappa shape index (κ2) is 6.07. The summed E-state index contributed by atoms with van der Waals surface area (Å²) < 4.78 is 28.6. The van der Waals surface area contributed by atoms with Gasteiger partial charge in [-0.2, -0.15) is 0 Å². The lowest BCUT2D eigenvalue weighted by Gasteiger charge is -2.09. The third-order valence-electron chi connectivity index (χ3n) is 3.45. The molecule has 0 spiro atoms. The fraction of sp³-hybridized carbons (Fsp3) is 0.118. The standard InChI is InChI=1S/C17H15F2N3/c18-15-7-14(8-16(19)9-15)17-21-5-6-22(17)11-13-3-1-12(10-20)2-4-13/h1-9H,10-11,20H2. The van der Waals surface area contributed by atoms with Crippen LogP contribution in [0.5, 0.6) is 0 Å². The van der Waals surface area contributed by atoms with Crippen molar-refractivity contribution in [3.8, 4) is 11.4 Å². The second-order valence-corrected chi connectivity index (χ2v) is 5.06. The molecule has 0 unspecified atom stereocenters. The van der Waals surface area contributed by atoms with Crippen molar-refractivity contribution in [3.05, 3.63) is 77.6 Å². The topological polar surface area (TPSA) is 43.8 Å². The summed E-state index contributed by atoms with van der Waals surface area (Å²) in [5.41, 5.74) is 8.12. The van der Waals surface area contributed by atoms with Crippen LogP contribution in [0.25, 0.3) is 11.4 Å². The molecule has 0 atom stereocenters.